The summed E-state index contributed by atoms with van der Waals surface area (Å²) in [5, 5.41) is 5.60. The Hall–Kier alpha value is -1.98. The second-order valence-corrected chi connectivity index (χ2v) is 4.94. The Bertz CT molecular complexity index is 431. The molecule has 1 atom stereocenters. The number of carbonyl (C=O) groups is 2. The van der Waals surface area contributed by atoms with Crippen molar-refractivity contribution >= 4 is 11.9 Å². The number of rotatable bonds is 8. The van der Waals surface area contributed by atoms with Gasteiger partial charge in [-0.3, -0.25) is 4.79 Å². The average molecular weight is 295 g/mol. The van der Waals surface area contributed by atoms with Crippen molar-refractivity contribution in [3.05, 3.63) is 24.2 Å². The molecule has 6 heteroatoms. The molecule has 0 fully saturated rings. The number of carbonyl (C=O) groups excluding carboxylic acids is 2. The highest BCUT2D eigenvalue weighted by Gasteiger charge is 2.17. The van der Waals surface area contributed by atoms with Gasteiger partial charge >= 0.3 is 6.03 Å². The van der Waals surface area contributed by atoms with Crippen LogP contribution in [0.2, 0.25) is 0 Å². The van der Waals surface area contributed by atoms with E-state index < -0.39 is 0 Å². The van der Waals surface area contributed by atoms with Crippen molar-refractivity contribution in [3.63, 3.8) is 0 Å². The highest BCUT2D eigenvalue weighted by atomic mass is 16.3. The zero-order valence-electron chi connectivity index (χ0n) is 13.0. The van der Waals surface area contributed by atoms with E-state index in [0.717, 1.165) is 18.6 Å². The minimum atomic E-state index is -0.212. The Kier molecular flexibility index (Phi) is 7.36. The van der Waals surface area contributed by atoms with Gasteiger partial charge in [0.2, 0.25) is 5.91 Å². The molecule has 1 rings (SSSR count). The SMILES string of the molecule is CCNC(=O)CN(CC)C(=O)N[C@@H](C)CCc1ccco1. The Balaban J connectivity index is 2.36. The monoisotopic (exact) mass is 295 g/mol. The number of hydrogen-bond donors (Lipinski definition) is 2. The van der Waals surface area contributed by atoms with Crippen molar-refractivity contribution < 1.29 is 14.0 Å². The van der Waals surface area contributed by atoms with Gasteiger partial charge in [0.15, 0.2) is 0 Å². The molecule has 21 heavy (non-hydrogen) atoms. The van der Waals surface area contributed by atoms with E-state index in [1.165, 1.54) is 4.90 Å². The van der Waals surface area contributed by atoms with E-state index in [4.69, 9.17) is 4.42 Å². The molecule has 0 unspecified atom stereocenters. The van der Waals surface area contributed by atoms with E-state index in [2.05, 4.69) is 10.6 Å². The van der Waals surface area contributed by atoms with Crippen molar-refractivity contribution in [1.82, 2.24) is 15.5 Å². The standard InChI is InChI=1S/C15H25N3O3/c1-4-16-14(19)11-18(5-2)15(20)17-12(3)8-9-13-7-6-10-21-13/h6-7,10,12H,4-5,8-9,11H2,1-3H3,(H,16,19)(H,17,20)/t12-/m0/s1. The first kappa shape index (κ1) is 17.1. The van der Waals surface area contributed by atoms with Crippen LogP contribution in [0, 0.1) is 0 Å². The quantitative estimate of drug-likeness (QED) is 0.767. The third kappa shape index (κ3) is 6.33. The molecule has 0 aliphatic carbocycles. The van der Waals surface area contributed by atoms with Crippen molar-refractivity contribution in [3.8, 4) is 0 Å². The molecule has 3 amide bonds. The van der Waals surface area contributed by atoms with Crippen molar-refractivity contribution in [1.29, 1.82) is 0 Å². The average Bonchev–Trinajstić information content (AvgIpc) is 2.96. The maximum atomic E-state index is 12.1. The van der Waals surface area contributed by atoms with Crippen LogP contribution in [-0.2, 0) is 11.2 Å². The summed E-state index contributed by atoms with van der Waals surface area (Å²) >= 11 is 0. The van der Waals surface area contributed by atoms with E-state index in [9.17, 15) is 9.59 Å². The molecule has 1 aromatic rings. The Labute approximate surface area is 125 Å². The second-order valence-electron chi connectivity index (χ2n) is 4.94. The zero-order chi connectivity index (χ0) is 15.7. The fourth-order valence-electron chi connectivity index (χ4n) is 1.94. The first-order valence-corrected chi connectivity index (χ1v) is 7.41. The third-order valence-electron chi connectivity index (χ3n) is 3.15. The van der Waals surface area contributed by atoms with Gasteiger partial charge in [-0.05, 0) is 39.3 Å². The lowest BCUT2D eigenvalue weighted by Gasteiger charge is -2.23. The highest BCUT2D eigenvalue weighted by molar-refractivity contribution is 5.84. The van der Waals surface area contributed by atoms with Crippen LogP contribution in [0.5, 0.6) is 0 Å². The molecule has 0 radical (unpaired) electrons. The lowest BCUT2D eigenvalue weighted by Crippen LogP contribution is -2.47. The minimum Gasteiger partial charge on any atom is -0.469 e. The molecule has 0 bridgehead atoms. The normalized spacial score (nSPS) is 11.8. The molecule has 0 saturated heterocycles. The molecule has 2 N–H and O–H groups in total. The fraction of sp³-hybridized carbons (Fsp3) is 0.600. The maximum absolute atomic E-state index is 12.1. The summed E-state index contributed by atoms with van der Waals surface area (Å²) in [7, 11) is 0. The van der Waals surface area contributed by atoms with Crippen LogP contribution in [0.4, 0.5) is 4.79 Å². The van der Waals surface area contributed by atoms with Crippen LogP contribution in [0.3, 0.4) is 0 Å². The summed E-state index contributed by atoms with van der Waals surface area (Å²) in [6, 6.07) is 3.58. The van der Waals surface area contributed by atoms with Gasteiger partial charge in [-0.25, -0.2) is 4.79 Å². The molecular weight excluding hydrogens is 270 g/mol. The van der Waals surface area contributed by atoms with Crippen molar-refractivity contribution in [2.24, 2.45) is 0 Å². The van der Waals surface area contributed by atoms with Crippen LogP contribution < -0.4 is 10.6 Å². The number of amides is 3. The zero-order valence-corrected chi connectivity index (χ0v) is 13.0. The molecule has 0 aromatic carbocycles. The van der Waals surface area contributed by atoms with Crippen LogP contribution >= 0.6 is 0 Å². The Morgan fingerprint density at radius 2 is 2.14 bits per heavy atom. The predicted molar refractivity (Wildman–Crippen MR) is 81.0 cm³/mol. The molecular formula is C15H25N3O3. The number of nitrogens with zero attached hydrogens (tertiary/aromatic N) is 1. The summed E-state index contributed by atoms with van der Waals surface area (Å²) in [4.78, 5) is 25.1. The molecule has 118 valence electrons. The summed E-state index contributed by atoms with van der Waals surface area (Å²) in [5.41, 5.74) is 0. The maximum Gasteiger partial charge on any atom is 0.318 e. The molecule has 0 saturated carbocycles. The smallest absolute Gasteiger partial charge is 0.318 e. The first-order chi connectivity index (χ1) is 10.1. The second kappa shape index (κ2) is 9.05. The lowest BCUT2D eigenvalue weighted by atomic mass is 10.1. The lowest BCUT2D eigenvalue weighted by molar-refractivity contribution is -0.121. The van der Waals surface area contributed by atoms with Gasteiger partial charge in [0.1, 0.15) is 12.3 Å². The van der Waals surface area contributed by atoms with Gasteiger partial charge in [-0.1, -0.05) is 0 Å². The van der Waals surface area contributed by atoms with Gasteiger partial charge in [-0.2, -0.15) is 0 Å². The van der Waals surface area contributed by atoms with Crippen LogP contribution in [0.25, 0.3) is 0 Å². The van der Waals surface area contributed by atoms with Crippen molar-refractivity contribution in [2.45, 2.75) is 39.7 Å². The number of aryl methyl sites for hydroxylation is 1. The van der Waals surface area contributed by atoms with Crippen LogP contribution in [0.15, 0.2) is 22.8 Å². The number of urea groups is 1. The summed E-state index contributed by atoms with van der Waals surface area (Å²) in [6.45, 7) is 6.80. The van der Waals surface area contributed by atoms with E-state index >= 15 is 0 Å². The summed E-state index contributed by atoms with van der Waals surface area (Å²) in [5.74, 6) is 0.767. The fourth-order valence-corrected chi connectivity index (χ4v) is 1.94. The number of furan rings is 1. The van der Waals surface area contributed by atoms with Crippen molar-refractivity contribution in [2.75, 3.05) is 19.6 Å². The molecule has 6 nitrogen and oxygen atoms in total. The minimum absolute atomic E-state index is 0.0193. The van der Waals surface area contributed by atoms with Crippen LogP contribution in [0.1, 0.15) is 33.0 Å². The Morgan fingerprint density at radius 3 is 2.71 bits per heavy atom. The van der Waals surface area contributed by atoms with Gasteiger partial charge in [0.05, 0.1) is 6.26 Å². The van der Waals surface area contributed by atoms with Gasteiger partial charge in [-0.15, -0.1) is 0 Å². The molecule has 0 aliphatic heterocycles. The van der Waals surface area contributed by atoms with E-state index in [0.29, 0.717) is 13.1 Å². The Morgan fingerprint density at radius 1 is 1.38 bits per heavy atom. The molecule has 0 spiro atoms. The number of likely N-dealkylation sites (N-methyl/N-ethyl adjacent to an activating group) is 2. The summed E-state index contributed by atoms with van der Waals surface area (Å²) in [6.07, 6.45) is 3.21. The molecule has 1 aromatic heterocycles. The van der Waals surface area contributed by atoms with Gasteiger partial charge < -0.3 is 20.0 Å². The van der Waals surface area contributed by atoms with E-state index in [1.807, 2.05) is 32.9 Å². The molecule has 0 aliphatic rings. The van der Waals surface area contributed by atoms with Gasteiger partial charge in [0, 0.05) is 25.6 Å². The third-order valence-corrected chi connectivity index (χ3v) is 3.15. The first-order valence-electron chi connectivity index (χ1n) is 7.41. The largest absolute Gasteiger partial charge is 0.469 e. The summed E-state index contributed by atoms with van der Waals surface area (Å²) < 4.78 is 5.26. The van der Waals surface area contributed by atoms with E-state index in [1.54, 1.807) is 6.26 Å². The van der Waals surface area contributed by atoms with Gasteiger partial charge in [0.25, 0.3) is 0 Å². The van der Waals surface area contributed by atoms with E-state index in [-0.39, 0.29) is 24.5 Å². The number of hydrogen-bond acceptors (Lipinski definition) is 3. The predicted octanol–water partition coefficient (Wildman–Crippen LogP) is 1.77. The van der Waals surface area contributed by atoms with Crippen LogP contribution in [-0.4, -0.2) is 42.5 Å². The highest BCUT2D eigenvalue weighted by Crippen LogP contribution is 2.06. The topological polar surface area (TPSA) is 74.6 Å². The number of nitrogens with one attached hydrogen (secondary N) is 2. The molecule has 1 heterocycles.